The number of halogens is 1. The Labute approximate surface area is 176 Å². The Hall–Kier alpha value is -1.72. The van der Waals surface area contributed by atoms with E-state index in [9.17, 15) is 0 Å². The summed E-state index contributed by atoms with van der Waals surface area (Å²) in [6, 6.07) is 14.9. The molecule has 1 N–H and O–H groups in total. The van der Waals surface area contributed by atoms with Gasteiger partial charge in [-0.05, 0) is 81.1 Å². The molecule has 2 heterocycles. The van der Waals surface area contributed by atoms with E-state index in [4.69, 9.17) is 9.47 Å². The van der Waals surface area contributed by atoms with E-state index in [2.05, 4.69) is 50.4 Å². The highest BCUT2D eigenvalue weighted by atomic mass is 79.9. The van der Waals surface area contributed by atoms with Crippen molar-refractivity contribution in [3.8, 4) is 11.5 Å². The van der Waals surface area contributed by atoms with Gasteiger partial charge < -0.3 is 19.7 Å². The summed E-state index contributed by atoms with van der Waals surface area (Å²) in [6.45, 7) is 6.85. The summed E-state index contributed by atoms with van der Waals surface area (Å²) in [4.78, 5) is 2.58. The number of anilines is 1. The van der Waals surface area contributed by atoms with Crippen molar-refractivity contribution in [3.63, 3.8) is 0 Å². The SMILES string of the molecule is CCOc1ccc(Br)c(CC2CCN(CC3COc4ccccc4N3)CC2)c1. The van der Waals surface area contributed by atoms with Crippen molar-refractivity contribution in [2.45, 2.75) is 32.2 Å². The van der Waals surface area contributed by atoms with Crippen LogP contribution in [0.4, 0.5) is 5.69 Å². The molecule has 5 heteroatoms. The molecular formula is C23H29BrN2O2. The van der Waals surface area contributed by atoms with E-state index in [0.717, 1.165) is 55.8 Å². The van der Waals surface area contributed by atoms with Crippen molar-refractivity contribution in [3.05, 3.63) is 52.5 Å². The fourth-order valence-corrected chi connectivity index (χ4v) is 4.63. The average molecular weight is 445 g/mol. The van der Waals surface area contributed by atoms with Gasteiger partial charge in [0.05, 0.1) is 18.3 Å². The van der Waals surface area contributed by atoms with Crippen LogP contribution >= 0.6 is 15.9 Å². The molecule has 0 amide bonds. The molecule has 2 aromatic carbocycles. The fraction of sp³-hybridized carbons (Fsp3) is 0.478. The molecule has 0 aromatic heterocycles. The summed E-state index contributed by atoms with van der Waals surface area (Å²) >= 11 is 3.71. The van der Waals surface area contributed by atoms with Gasteiger partial charge in [0.1, 0.15) is 18.1 Å². The molecule has 0 radical (unpaired) electrons. The van der Waals surface area contributed by atoms with Crippen molar-refractivity contribution in [2.75, 3.05) is 38.2 Å². The maximum absolute atomic E-state index is 5.92. The third-order valence-electron chi connectivity index (χ3n) is 5.71. The lowest BCUT2D eigenvalue weighted by molar-refractivity contribution is 0.160. The molecule has 2 aromatic rings. The first-order valence-corrected chi connectivity index (χ1v) is 11.1. The van der Waals surface area contributed by atoms with Crippen LogP contribution in [0.2, 0.25) is 0 Å². The second kappa shape index (κ2) is 9.19. The first kappa shape index (κ1) is 19.6. The molecule has 0 bridgehead atoms. The van der Waals surface area contributed by atoms with Gasteiger partial charge in [-0.25, -0.2) is 0 Å². The topological polar surface area (TPSA) is 33.7 Å². The number of hydrogen-bond acceptors (Lipinski definition) is 4. The maximum Gasteiger partial charge on any atom is 0.142 e. The molecule has 28 heavy (non-hydrogen) atoms. The highest BCUT2D eigenvalue weighted by molar-refractivity contribution is 9.10. The van der Waals surface area contributed by atoms with Crippen LogP contribution in [0.5, 0.6) is 11.5 Å². The third kappa shape index (κ3) is 4.81. The first-order valence-electron chi connectivity index (χ1n) is 10.3. The van der Waals surface area contributed by atoms with Gasteiger partial charge in [0, 0.05) is 11.0 Å². The van der Waals surface area contributed by atoms with Crippen LogP contribution in [-0.2, 0) is 6.42 Å². The van der Waals surface area contributed by atoms with E-state index in [1.54, 1.807) is 0 Å². The standard InChI is InChI=1S/C23H29BrN2O2/c1-2-27-20-7-8-21(24)18(14-20)13-17-9-11-26(12-10-17)15-19-16-28-23-6-4-3-5-22(23)25-19/h3-8,14,17,19,25H,2,9-13,15-16H2,1H3. The van der Waals surface area contributed by atoms with Crippen molar-refractivity contribution < 1.29 is 9.47 Å². The summed E-state index contributed by atoms with van der Waals surface area (Å²) in [7, 11) is 0. The van der Waals surface area contributed by atoms with Gasteiger partial charge in [0.15, 0.2) is 0 Å². The Bertz CT molecular complexity index is 790. The summed E-state index contributed by atoms with van der Waals surface area (Å²) in [6.07, 6.45) is 3.61. The first-order chi connectivity index (χ1) is 13.7. The number of hydrogen-bond donors (Lipinski definition) is 1. The lowest BCUT2D eigenvalue weighted by atomic mass is 9.90. The summed E-state index contributed by atoms with van der Waals surface area (Å²) in [5.41, 5.74) is 2.48. The quantitative estimate of drug-likeness (QED) is 0.681. The Morgan fingerprint density at radius 1 is 1.18 bits per heavy atom. The maximum atomic E-state index is 5.92. The van der Waals surface area contributed by atoms with Crippen LogP contribution in [0.3, 0.4) is 0 Å². The van der Waals surface area contributed by atoms with Crippen LogP contribution in [0.15, 0.2) is 46.9 Å². The zero-order chi connectivity index (χ0) is 19.3. The molecule has 0 aliphatic carbocycles. The predicted octanol–water partition coefficient (Wildman–Crippen LogP) is 4.98. The lowest BCUT2D eigenvalue weighted by Crippen LogP contribution is -2.45. The molecule has 2 aliphatic heterocycles. The zero-order valence-electron chi connectivity index (χ0n) is 16.5. The molecule has 150 valence electrons. The molecule has 1 saturated heterocycles. The Morgan fingerprint density at radius 2 is 2.00 bits per heavy atom. The van der Waals surface area contributed by atoms with Crippen LogP contribution in [0, 0.1) is 5.92 Å². The molecule has 4 rings (SSSR count). The lowest BCUT2D eigenvalue weighted by Gasteiger charge is -2.36. The van der Waals surface area contributed by atoms with Gasteiger partial charge in [-0.3, -0.25) is 0 Å². The number of benzene rings is 2. The zero-order valence-corrected chi connectivity index (χ0v) is 18.1. The monoisotopic (exact) mass is 444 g/mol. The molecular weight excluding hydrogens is 416 g/mol. The van der Waals surface area contributed by atoms with Gasteiger partial charge in [0.2, 0.25) is 0 Å². The number of likely N-dealkylation sites (tertiary alicyclic amines) is 1. The molecule has 0 spiro atoms. The van der Waals surface area contributed by atoms with E-state index in [1.807, 2.05) is 25.1 Å². The summed E-state index contributed by atoms with van der Waals surface area (Å²) in [5, 5.41) is 3.63. The van der Waals surface area contributed by atoms with E-state index < -0.39 is 0 Å². The van der Waals surface area contributed by atoms with Gasteiger partial charge in [0.25, 0.3) is 0 Å². The number of ether oxygens (including phenoxy) is 2. The number of piperidine rings is 1. The second-order valence-corrected chi connectivity index (χ2v) is 8.64. The van der Waals surface area contributed by atoms with Crippen molar-refractivity contribution >= 4 is 21.6 Å². The highest BCUT2D eigenvalue weighted by Crippen LogP contribution is 2.30. The van der Waals surface area contributed by atoms with E-state index >= 15 is 0 Å². The number of rotatable bonds is 6. The number of fused-ring (bicyclic) bond motifs is 1. The van der Waals surface area contributed by atoms with Gasteiger partial charge in [-0.1, -0.05) is 28.1 Å². The van der Waals surface area contributed by atoms with E-state index in [0.29, 0.717) is 12.6 Å². The Morgan fingerprint density at radius 3 is 2.82 bits per heavy atom. The minimum Gasteiger partial charge on any atom is -0.494 e. The van der Waals surface area contributed by atoms with Gasteiger partial charge >= 0.3 is 0 Å². The van der Waals surface area contributed by atoms with E-state index in [-0.39, 0.29) is 0 Å². The van der Waals surface area contributed by atoms with E-state index in [1.165, 1.54) is 22.9 Å². The number of para-hydroxylation sites is 2. The average Bonchev–Trinajstić information content (AvgIpc) is 2.72. The summed E-state index contributed by atoms with van der Waals surface area (Å²) in [5.74, 6) is 2.68. The molecule has 0 saturated carbocycles. The number of nitrogens with zero attached hydrogens (tertiary/aromatic N) is 1. The normalized spacial score (nSPS) is 20.1. The Kier molecular flexibility index (Phi) is 6.43. The minimum absolute atomic E-state index is 0.364. The van der Waals surface area contributed by atoms with Gasteiger partial charge in [-0.15, -0.1) is 0 Å². The third-order valence-corrected chi connectivity index (χ3v) is 6.48. The molecule has 4 nitrogen and oxygen atoms in total. The van der Waals surface area contributed by atoms with Crippen LogP contribution < -0.4 is 14.8 Å². The smallest absolute Gasteiger partial charge is 0.142 e. The highest BCUT2D eigenvalue weighted by Gasteiger charge is 2.25. The molecule has 1 atom stereocenters. The largest absolute Gasteiger partial charge is 0.494 e. The van der Waals surface area contributed by atoms with Gasteiger partial charge in [-0.2, -0.15) is 0 Å². The van der Waals surface area contributed by atoms with Crippen molar-refractivity contribution in [1.29, 1.82) is 0 Å². The molecule has 1 unspecified atom stereocenters. The fourth-order valence-electron chi connectivity index (χ4n) is 4.22. The molecule has 1 fully saturated rings. The second-order valence-electron chi connectivity index (χ2n) is 7.78. The minimum atomic E-state index is 0.364. The Balaban J connectivity index is 1.27. The summed E-state index contributed by atoms with van der Waals surface area (Å²) < 4.78 is 12.8. The van der Waals surface area contributed by atoms with Crippen LogP contribution in [0.1, 0.15) is 25.3 Å². The number of nitrogens with one attached hydrogen (secondary N) is 1. The predicted molar refractivity (Wildman–Crippen MR) is 118 cm³/mol. The van der Waals surface area contributed by atoms with Crippen molar-refractivity contribution in [2.24, 2.45) is 5.92 Å². The van der Waals surface area contributed by atoms with Crippen LogP contribution in [0.25, 0.3) is 0 Å². The van der Waals surface area contributed by atoms with Crippen molar-refractivity contribution in [1.82, 2.24) is 4.90 Å². The molecule has 2 aliphatic rings. The van der Waals surface area contributed by atoms with Crippen LogP contribution in [-0.4, -0.2) is 43.8 Å².